The summed E-state index contributed by atoms with van der Waals surface area (Å²) in [6.07, 6.45) is 4.24. The van der Waals surface area contributed by atoms with Gasteiger partial charge in [0.15, 0.2) is 12.7 Å². The van der Waals surface area contributed by atoms with E-state index in [0.717, 1.165) is 42.1 Å². The Morgan fingerprint density at radius 1 is 1.15 bits per heavy atom. The predicted octanol–water partition coefficient (Wildman–Crippen LogP) is 0.476. The fourth-order valence-corrected chi connectivity index (χ4v) is 7.17. The van der Waals surface area contributed by atoms with Gasteiger partial charge >= 0.3 is 0 Å². The highest BCUT2D eigenvalue weighted by Crippen LogP contribution is 2.46. The smallest absolute Gasteiger partial charge is 0.271 e. The number of hydrogen-bond acceptors (Lipinski definition) is 6. The summed E-state index contributed by atoms with van der Waals surface area (Å²) in [6.45, 7) is 3.46. The molecule has 0 atom stereocenters. The number of thioether (sulfide) groups is 1. The Morgan fingerprint density at radius 3 is 2.68 bits per heavy atom. The Hall–Kier alpha value is -2.52. The number of benzene rings is 2. The van der Waals surface area contributed by atoms with Gasteiger partial charge in [0.1, 0.15) is 20.0 Å². The molecule has 0 unspecified atom stereocenters. The highest BCUT2D eigenvalue weighted by Gasteiger charge is 2.25. The molecule has 0 saturated carbocycles. The summed E-state index contributed by atoms with van der Waals surface area (Å²) in [6, 6.07) is 16.5. The summed E-state index contributed by atoms with van der Waals surface area (Å²) in [7, 11) is 3.68. The molecule has 5 nitrogen and oxygen atoms in total. The molecule has 0 N–H and O–H groups in total. The Kier molecular flexibility index (Phi) is 7.52. The maximum atomic E-state index is 13.4. The number of thiazole rings is 2. The first-order chi connectivity index (χ1) is 16.1. The molecule has 2 aromatic carbocycles. The van der Waals surface area contributed by atoms with Gasteiger partial charge in [0.25, 0.3) is 10.6 Å². The SMILES string of the molecule is CCn1c(=O)/c(=C2\Sc3ccc(OC)cc3N2C)s/c1=C\c1scc[n+]1Cc1ccccc1.[Cl-]. The standard InChI is InChI=1S/C25H24N3O2S3.ClH/c1-4-28-22(15-21-27(12-13-31-21)16-17-8-6-5-7-9-17)33-23(24(28)29)25-26(2)19-14-18(30-3)10-11-20(19)32-25;/h5-15H,4,16H2,1-3H3;1H/q+1;/p-1/b25-23+;. The van der Waals surface area contributed by atoms with Crippen molar-refractivity contribution in [2.24, 2.45) is 0 Å². The third kappa shape index (κ3) is 4.55. The van der Waals surface area contributed by atoms with Crippen molar-refractivity contribution in [3.63, 3.8) is 0 Å². The molecule has 0 radical (unpaired) electrons. The zero-order valence-electron chi connectivity index (χ0n) is 19.0. The van der Waals surface area contributed by atoms with Crippen molar-refractivity contribution in [3.05, 3.63) is 90.2 Å². The van der Waals surface area contributed by atoms with E-state index in [1.807, 2.05) is 36.7 Å². The lowest BCUT2D eigenvalue weighted by molar-refractivity contribution is -0.685. The van der Waals surface area contributed by atoms with Crippen molar-refractivity contribution >= 4 is 51.2 Å². The summed E-state index contributed by atoms with van der Waals surface area (Å²) in [4.78, 5) is 16.6. The molecule has 34 heavy (non-hydrogen) atoms. The normalized spacial score (nSPS) is 14.8. The van der Waals surface area contributed by atoms with Crippen molar-refractivity contribution in [3.8, 4) is 5.75 Å². The van der Waals surface area contributed by atoms with Crippen LogP contribution in [0.3, 0.4) is 0 Å². The Balaban J connectivity index is 0.00000274. The largest absolute Gasteiger partial charge is 1.00 e. The lowest BCUT2D eigenvalue weighted by Gasteiger charge is -2.13. The van der Waals surface area contributed by atoms with E-state index in [-0.39, 0.29) is 18.0 Å². The molecule has 2 aromatic heterocycles. The monoisotopic (exact) mass is 529 g/mol. The van der Waals surface area contributed by atoms with Gasteiger partial charge in [0.2, 0.25) is 0 Å². The first-order valence-corrected chi connectivity index (χ1v) is 13.2. The van der Waals surface area contributed by atoms with Gasteiger partial charge in [-0.05, 0) is 19.1 Å². The number of ether oxygens (including phenoxy) is 1. The van der Waals surface area contributed by atoms with Crippen LogP contribution in [0, 0.1) is 0 Å². The first-order valence-electron chi connectivity index (χ1n) is 10.6. The van der Waals surface area contributed by atoms with E-state index in [1.165, 1.54) is 5.56 Å². The molecule has 176 valence electrons. The number of fused-ring (bicyclic) bond motifs is 1. The minimum absolute atomic E-state index is 0. The molecule has 0 saturated heterocycles. The van der Waals surface area contributed by atoms with Crippen molar-refractivity contribution in [1.29, 1.82) is 0 Å². The molecule has 0 fully saturated rings. The minimum atomic E-state index is 0. The number of methoxy groups -OCH3 is 1. The Bertz CT molecular complexity index is 1490. The lowest BCUT2D eigenvalue weighted by atomic mass is 10.2. The van der Waals surface area contributed by atoms with Gasteiger partial charge in [-0.2, -0.15) is 4.57 Å². The van der Waals surface area contributed by atoms with Gasteiger partial charge in [-0.3, -0.25) is 9.36 Å². The topological polar surface area (TPSA) is 38.4 Å². The molecule has 0 spiro atoms. The third-order valence-corrected chi connectivity index (χ3v) is 8.95. The van der Waals surface area contributed by atoms with Crippen molar-refractivity contribution < 1.29 is 21.7 Å². The highest BCUT2D eigenvalue weighted by atomic mass is 35.5. The number of hydrogen-bond donors (Lipinski definition) is 0. The summed E-state index contributed by atoms with van der Waals surface area (Å²) in [5.74, 6) is 0.814. The van der Waals surface area contributed by atoms with Crippen molar-refractivity contribution in [1.82, 2.24) is 4.57 Å². The van der Waals surface area contributed by atoms with E-state index in [0.29, 0.717) is 6.54 Å². The van der Waals surface area contributed by atoms with Crippen LogP contribution in [0.5, 0.6) is 5.75 Å². The van der Waals surface area contributed by atoms with Gasteiger partial charge in [-0.1, -0.05) is 53.4 Å². The maximum absolute atomic E-state index is 13.4. The fourth-order valence-electron chi connectivity index (χ4n) is 3.87. The van der Waals surface area contributed by atoms with Gasteiger partial charge in [0.05, 0.1) is 24.3 Å². The molecule has 1 aliphatic heterocycles. The van der Waals surface area contributed by atoms with Crippen LogP contribution in [0.4, 0.5) is 5.69 Å². The van der Waals surface area contributed by atoms with Crippen LogP contribution in [0.25, 0.3) is 11.1 Å². The van der Waals surface area contributed by atoms with E-state index in [1.54, 1.807) is 41.5 Å². The Labute approximate surface area is 216 Å². The van der Waals surface area contributed by atoms with Gasteiger partial charge in [-0.15, -0.1) is 11.3 Å². The summed E-state index contributed by atoms with van der Waals surface area (Å²) >= 11 is 4.89. The van der Waals surface area contributed by atoms with E-state index < -0.39 is 0 Å². The molecule has 3 heterocycles. The van der Waals surface area contributed by atoms with Crippen LogP contribution in [0.15, 0.2) is 69.8 Å². The van der Waals surface area contributed by atoms with Gasteiger partial charge in [0, 0.05) is 30.1 Å². The lowest BCUT2D eigenvalue weighted by Crippen LogP contribution is -3.00. The second kappa shape index (κ2) is 10.4. The zero-order valence-corrected chi connectivity index (χ0v) is 22.2. The molecular formula is C25H24ClN3O2S3. The van der Waals surface area contributed by atoms with Crippen LogP contribution >= 0.6 is 34.4 Å². The maximum Gasteiger partial charge on any atom is 0.271 e. The number of nitrogens with zero attached hydrogens (tertiary/aromatic N) is 3. The fraction of sp³-hybridized carbons (Fsp3) is 0.200. The summed E-state index contributed by atoms with van der Waals surface area (Å²) < 4.78 is 11.2. The molecule has 4 aromatic rings. The summed E-state index contributed by atoms with van der Waals surface area (Å²) in [5, 5.41) is 4.19. The highest BCUT2D eigenvalue weighted by molar-refractivity contribution is 8.08. The summed E-state index contributed by atoms with van der Waals surface area (Å²) in [5.41, 5.74) is 2.38. The molecule has 5 rings (SSSR count). The number of aromatic nitrogens is 2. The van der Waals surface area contributed by atoms with Crippen LogP contribution < -0.4 is 41.4 Å². The zero-order chi connectivity index (χ0) is 22.9. The predicted molar refractivity (Wildman–Crippen MR) is 138 cm³/mol. The van der Waals surface area contributed by atoms with E-state index in [4.69, 9.17) is 4.74 Å². The molecule has 9 heteroatoms. The van der Waals surface area contributed by atoms with Crippen LogP contribution in [-0.2, 0) is 13.1 Å². The van der Waals surface area contributed by atoms with E-state index in [9.17, 15) is 4.79 Å². The first kappa shape index (κ1) is 24.6. The third-order valence-electron chi connectivity index (χ3n) is 5.62. The molecule has 0 bridgehead atoms. The van der Waals surface area contributed by atoms with E-state index in [2.05, 4.69) is 57.5 Å². The minimum Gasteiger partial charge on any atom is -1.00 e. The molecule has 1 aliphatic rings. The quantitative estimate of drug-likeness (QED) is 0.353. The average molecular weight is 530 g/mol. The van der Waals surface area contributed by atoms with Crippen LogP contribution in [0.2, 0.25) is 0 Å². The van der Waals surface area contributed by atoms with Crippen LogP contribution in [0.1, 0.15) is 17.5 Å². The van der Waals surface area contributed by atoms with E-state index >= 15 is 0 Å². The number of halogens is 1. The van der Waals surface area contributed by atoms with Gasteiger partial charge < -0.3 is 22.0 Å². The van der Waals surface area contributed by atoms with Gasteiger partial charge in [-0.25, -0.2) is 0 Å². The van der Waals surface area contributed by atoms with Crippen LogP contribution in [-0.4, -0.2) is 18.7 Å². The molecular weight excluding hydrogens is 506 g/mol. The number of rotatable bonds is 5. The second-order valence-corrected chi connectivity index (χ2v) is 10.6. The number of anilines is 1. The molecule has 0 aliphatic carbocycles. The van der Waals surface area contributed by atoms with Crippen molar-refractivity contribution in [2.45, 2.75) is 24.9 Å². The second-order valence-electron chi connectivity index (χ2n) is 7.62. The van der Waals surface area contributed by atoms with Crippen molar-refractivity contribution in [2.75, 3.05) is 19.1 Å². The Morgan fingerprint density at radius 2 is 1.94 bits per heavy atom. The average Bonchev–Trinajstić information content (AvgIpc) is 3.50. The molecule has 0 amide bonds.